The molecule has 2 atom stereocenters. The van der Waals surface area contributed by atoms with Crippen LogP contribution in [0.15, 0.2) is 30.3 Å². The van der Waals surface area contributed by atoms with Crippen molar-refractivity contribution in [2.24, 2.45) is 11.7 Å². The summed E-state index contributed by atoms with van der Waals surface area (Å²) in [6.07, 6.45) is 0. The molecule has 0 aliphatic heterocycles. The van der Waals surface area contributed by atoms with Crippen molar-refractivity contribution >= 4 is 36.6 Å². The number of carbonyl (C=O) groups excluding carboxylic acids is 2. The number of nitrogens with zero attached hydrogens (tertiary/aromatic N) is 1. The molecule has 0 bridgehead atoms. The van der Waals surface area contributed by atoms with Gasteiger partial charge in [-0.2, -0.15) is 0 Å². The van der Waals surface area contributed by atoms with E-state index in [0.717, 1.165) is 18.7 Å². The van der Waals surface area contributed by atoms with Gasteiger partial charge in [0, 0.05) is 6.54 Å². The van der Waals surface area contributed by atoms with E-state index < -0.39 is 6.04 Å². The molecule has 0 saturated carbocycles. The molecule has 0 aliphatic rings. The first kappa shape index (κ1) is 27.9. The smallest absolute Gasteiger partial charge is 0.239 e. The summed E-state index contributed by atoms with van der Waals surface area (Å²) in [5.74, 6) is -0.473. The highest BCUT2D eigenvalue weighted by molar-refractivity contribution is 5.87. The van der Waals surface area contributed by atoms with Crippen LogP contribution in [0, 0.1) is 5.92 Å². The van der Waals surface area contributed by atoms with Crippen LogP contribution in [-0.4, -0.2) is 48.9 Å². The minimum absolute atomic E-state index is 0. The molecule has 0 heterocycles. The Kier molecular flexibility index (Phi) is 15.2. The first-order valence-corrected chi connectivity index (χ1v) is 8.99. The first-order chi connectivity index (χ1) is 11.9. The van der Waals surface area contributed by atoms with Gasteiger partial charge in [0.2, 0.25) is 11.8 Å². The summed E-state index contributed by atoms with van der Waals surface area (Å²) in [7, 11) is 0. The summed E-state index contributed by atoms with van der Waals surface area (Å²) >= 11 is 0. The summed E-state index contributed by atoms with van der Waals surface area (Å²) in [4.78, 5) is 26.2. The van der Waals surface area contributed by atoms with Gasteiger partial charge in [0.25, 0.3) is 0 Å². The van der Waals surface area contributed by atoms with E-state index in [1.807, 2.05) is 32.0 Å². The van der Waals surface area contributed by atoms with E-state index in [2.05, 4.69) is 41.5 Å². The van der Waals surface area contributed by atoms with E-state index in [4.69, 9.17) is 5.73 Å². The average Bonchev–Trinajstić information content (AvgIpc) is 2.63. The zero-order valence-electron chi connectivity index (χ0n) is 16.6. The SMILES string of the molecule is CCN(CC)C(CNC(=O)CNC(=O)[C@@H](N)C(C)C)c1ccccc1.Cl.Cl. The fourth-order valence-corrected chi connectivity index (χ4v) is 2.66. The van der Waals surface area contributed by atoms with Crippen molar-refractivity contribution in [3.63, 3.8) is 0 Å². The van der Waals surface area contributed by atoms with Gasteiger partial charge in [0.05, 0.1) is 18.6 Å². The molecule has 1 aromatic carbocycles. The first-order valence-electron chi connectivity index (χ1n) is 8.99. The minimum atomic E-state index is -0.597. The number of rotatable bonds is 10. The third-order valence-corrected chi connectivity index (χ3v) is 4.37. The lowest BCUT2D eigenvalue weighted by atomic mass is 10.0. The Hall–Kier alpha value is -1.34. The van der Waals surface area contributed by atoms with Crippen molar-refractivity contribution in [2.75, 3.05) is 26.2 Å². The van der Waals surface area contributed by atoms with Gasteiger partial charge in [-0.1, -0.05) is 58.0 Å². The number of carbonyl (C=O) groups is 2. The molecule has 1 rings (SSSR count). The molecule has 1 unspecified atom stereocenters. The lowest BCUT2D eigenvalue weighted by Crippen LogP contribution is -2.48. The number of halogens is 2. The number of amides is 2. The van der Waals surface area contributed by atoms with Gasteiger partial charge < -0.3 is 16.4 Å². The quantitative estimate of drug-likeness (QED) is 0.540. The number of nitrogens with one attached hydrogen (secondary N) is 2. The number of hydrogen-bond acceptors (Lipinski definition) is 4. The number of hydrogen-bond donors (Lipinski definition) is 3. The summed E-state index contributed by atoms with van der Waals surface area (Å²) in [6.45, 7) is 10.2. The van der Waals surface area contributed by atoms with Crippen molar-refractivity contribution in [3.05, 3.63) is 35.9 Å². The monoisotopic (exact) mass is 420 g/mol. The average molecular weight is 421 g/mol. The standard InChI is InChI=1S/C19H32N4O2.2ClH/c1-5-23(6-2)16(15-10-8-7-9-11-15)12-21-17(24)13-22-19(25)18(20)14(3)4;;/h7-11,14,16,18H,5-6,12-13,20H2,1-4H3,(H,21,24)(H,22,25);2*1H/t16?,18-;;/m0../s1. The fraction of sp³-hybridized carbons (Fsp3) is 0.579. The van der Waals surface area contributed by atoms with E-state index in [0.29, 0.717) is 6.54 Å². The molecule has 6 nitrogen and oxygen atoms in total. The molecule has 8 heteroatoms. The van der Waals surface area contributed by atoms with Gasteiger partial charge in [0.1, 0.15) is 0 Å². The molecule has 2 amide bonds. The van der Waals surface area contributed by atoms with E-state index in [1.165, 1.54) is 0 Å². The minimum Gasteiger partial charge on any atom is -0.353 e. The van der Waals surface area contributed by atoms with Crippen LogP contribution in [0.5, 0.6) is 0 Å². The Labute approximate surface area is 175 Å². The molecular weight excluding hydrogens is 387 g/mol. The Morgan fingerprint density at radius 1 is 1.04 bits per heavy atom. The molecule has 0 saturated heterocycles. The highest BCUT2D eigenvalue weighted by atomic mass is 35.5. The molecule has 156 valence electrons. The van der Waals surface area contributed by atoms with Gasteiger partial charge in [-0.15, -0.1) is 24.8 Å². The predicted octanol–water partition coefficient (Wildman–Crippen LogP) is 2.13. The van der Waals surface area contributed by atoms with Crippen LogP contribution in [0.25, 0.3) is 0 Å². The summed E-state index contributed by atoms with van der Waals surface area (Å²) in [6, 6.07) is 9.63. The maximum absolute atomic E-state index is 12.1. The molecule has 0 spiro atoms. The highest BCUT2D eigenvalue weighted by Crippen LogP contribution is 2.19. The third-order valence-electron chi connectivity index (χ3n) is 4.37. The van der Waals surface area contributed by atoms with Crippen LogP contribution in [0.2, 0.25) is 0 Å². The van der Waals surface area contributed by atoms with E-state index >= 15 is 0 Å². The van der Waals surface area contributed by atoms with Gasteiger partial charge in [-0.3, -0.25) is 14.5 Å². The molecule has 0 radical (unpaired) electrons. The van der Waals surface area contributed by atoms with E-state index in [9.17, 15) is 9.59 Å². The van der Waals surface area contributed by atoms with Crippen molar-refractivity contribution in [1.29, 1.82) is 0 Å². The van der Waals surface area contributed by atoms with Gasteiger partial charge in [-0.25, -0.2) is 0 Å². The Morgan fingerprint density at radius 3 is 2.07 bits per heavy atom. The number of likely N-dealkylation sites (N-methyl/N-ethyl adjacent to an activating group) is 1. The zero-order valence-corrected chi connectivity index (χ0v) is 18.2. The van der Waals surface area contributed by atoms with Gasteiger partial charge >= 0.3 is 0 Å². The normalized spacial score (nSPS) is 12.6. The Bertz CT molecular complexity index is 540. The van der Waals surface area contributed by atoms with Crippen molar-refractivity contribution in [1.82, 2.24) is 15.5 Å². The molecule has 4 N–H and O–H groups in total. The van der Waals surface area contributed by atoms with Crippen molar-refractivity contribution in [3.8, 4) is 0 Å². The van der Waals surface area contributed by atoms with E-state index in [-0.39, 0.29) is 55.1 Å². The van der Waals surface area contributed by atoms with Crippen molar-refractivity contribution < 1.29 is 9.59 Å². The molecule has 0 fully saturated rings. The van der Waals surface area contributed by atoms with E-state index in [1.54, 1.807) is 0 Å². The van der Waals surface area contributed by atoms with Gasteiger partial charge in [0.15, 0.2) is 0 Å². The number of benzene rings is 1. The molecule has 27 heavy (non-hydrogen) atoms. The Balaban J connectivity index is 0. The van der Waals surface area contributed by atoms with Crippen LogP contribution in [0.4, 0.5) is 0 Å². The lowest BCUT2D eigenvalue weighted by Gasteiger charge is -2.30. The topological polar surface area (TPSA) is 87.5 Å². The third kappa shape index (κ3) is 9.42. The summed E-state index contributed by atoms with van der Waals surface area (Å²) in [5, 5.41) is 5.51. The largest absolute Gasteiger partial charge is 0.353 e. The maximum atomic E-state index is 12.1. The van der Waals surface area contributed by atoms with Crippen LogP contribution in [-0.2, 0) is 9.59 Å². The molecule has 0 aromatic heterocycles. The van der Waals surface area contributed by atoms with Crippen LogP contribution < -0.4 is 16.4 Å². The zero-order chi connectivity index (χ0) is 18.8. The summed E-state index contributed by atoms with van der Waals surface area (Å²) < 4.78 is 0. The van der Waals surface area contributed by atoms with Crippen LogP contribution in [0.1, 0.15) is 39.3 Å². The molecule has 1 aromatic rings. The van der Waals surface area contributed by atoms with Crippen molar-refractivity contribution in [2.45, 2.75) is 39.8 Å². The fourth-order valence-electron chi connectivity index (χ4n) is 2.66. The second-order valence-corrected chi connectivity index (χ2v) is 6.44. The van der Waals surface area contributed by atoms with Gasteiger partial charge in [-0.05, 0) is 24.6 Å². The second-order valence-electron chi connectivity index (χ2n) is 6.44. The second kappa shape index (κ2) is 14.7. The highest BCUT2D eigenvalue weighted by Gasteiger charge is 2.20. The molecule has 0 aliphatic carbocycles. The Morgan fingerprint density at radius 2 is 1.59 bits per heavy atom. The van der Waals surface area contributed by atoms with Crippen LogP contribution >= 0.6 is 24.8 Å². The summed E-state index contributed by atoms with van der Waals surface area (Å²) in [5.41, 5.74) is 6.93. The lowest BCUT2D eigenvalue weighted by molar-refractivity contribution is -0.127. The maximum Gasteiger partial charge on any atom is 0.239 e. The van der Waals surface area contributed by atoms with Crippen LogP contribution in [0.3, 0.4) is 0 Å². The predicted molar refractivity (Wildman–Crippen MR) is 115 cm³/mol. The molecular formula is C19H34Cl2N4O2. The number of nitrogens with two attached hydrogens (primary N) is 1.